The number of aromatic nitrogens is 1. The van der Waals surface area contributed by atoms with Crippen molar-refractivity contribution in [1.82, 2.24) is 4.98 Å². The van der Waals surface area contributed by atoms with Crippen molar-refractivity contribution in [1.29, 1.82) is 0 Å². The highest BCUT2D eigenvalue weighted by Gasteiger charge is 2.18. The van der Waals surface area contributed by atoms with Crippen molar-refractivity contribution < 1.29 is 9.90 Å². The van der Waals surface area contributed by atoms with E-state index in [2.05, 4.69) is 9.88 Å². The first-order chi connectivity index (χ1) is 8.70. The molecule has 4 nitrogen and oxygen atoms in total. The Morgan fingerprint density at radius 3 is 2.56 bits per heavy atom. The highest BCUT2D eigenvalue weighted by atomic mass is 32.1. The van der Waals surface area contributed by atoms with Crippen molar-refractivity contribution in [2.45, 2.75) is 45.4 Å². The van der Waals surface area contributed by atoms with E-state index in [0.717, 1.165) is 35.2 Å². The van der Waals surface area contributed by atoms with E-state index in [4.69, 9.17) is 5.11 Å². The number of nitrogens with zero attached hydrogens (tertiary/aromatic N) is 2. The Hall–Kier alpha value is -1.10. The van der Waals surface area contributed by atoms with Gasteiger partial charge in [0.05, 0.1) is 12.1 Å². The number of carboxylic acid groups (broad SMARTS) is 1. The number of anilines is 1. The zero-order chi connectivity index (χ0) is 13.0. The van der Waals surface area contributed by atoms with Gasteiger partial charge >= 0.3 is 5.97 Å². The fourth-order valence-corrected chi connectivity index (χ4v) is 3.51. The zero-order valence-corrected chi connectivity index (χ0v) is 11.6. The third-order valence-electron chi connectivity index (χ3n) is 3.29. The predicted molar refractivity (Wildman–Crippen MR) is 73.5 cm³/mol. The van der Waals surface area contributed by atoms with Gasteiger partial charge in [0.2, 0.25) is 0 Å². The maximum Gasteiger partial charge on any atom is 0.308 e. The van der Waals surface area contributed by atoms with E-state index in [1.165, 1.54) is 25.7 Å². The van der Waals surface area contributed by atoms with E-state index < -0.39 is 5.97 Å². The average molecular weight is 268 g/mol. The van der Waals surface area contributed by atoms with E-state index in [1.54, 1.807) is 11.3 Å². The molecule has 1 aromatic heterocycles. The molecule has 1 saturated heterocycles. The minimum absolute atomic E-state index is 0.106. The third-order valence-corrected chi connectivity index (χ3v) is 4.45. The standard InChI is InChI=1S/C13H20N2O2S/c1-2-10-11(9-12(16)17)18-13(14-10)15-7-5-3-4-6-8-15/h2-9H2,1H3,(H,16,17). The fourth-order valence-electron chi connectivity index (χ4n) is 2.32. The Kier molecular flexibility index (Phi) is 4.58. The van der Waals surface area contributed by atoms with Crippen molar-refractivity contribution in [2.75, 3.05) is 18.0 Å². The van der Waals surface area contributed by atoms with E-state index in [1.807, 2.05) is 6.92 Å². The topological polar surface area (TPSA) is 53.4 Å². The number of aliphatic carboxylic acids is 1. The highest BCUT2D eigenvalue weighted by Crippen LogP contribution is 2.29. The summed E-state index contributed by atoms with van der Waals surface area (Å²) in [6.45, 7) is 4.15. The first-order valence-corrected chi connectivity index (χ1v) is 7.47. The first-order valence-electron chi connectivity index (χ1n) is 6.66. The molecule has 1 aliphatic rings. The minimum atomic E-state index is -0.768. The predicted octanol–water partition coefficient (Wildman–Crippen LogP) is 2.71. The molecule has 1 aliphatic heterocycles. The molecule has 0 bridgehead atoms. The molecular formula is C13H20N2O2S. The Morgan fingerprint density at radius 2 is 2.00 bits per heavy atom. The summed E-state index contributed by atoms with van der Waals surface area (Å²) in [5.74, 6) is -0.768. The summed E-state index contributed by atoms with van der Waals surface area (Å²) >= 11 is 1.56. The smallest absolute Gasteiger partial charge is 0.308 e. The van der Waals surface area contributed by atoms with Crippen LogP contribution in [0.25, 0.3) is 0 Å². The molecule has 18 heavy (non-hydrogen) atoms. The van der Waals surface area contributed by atoms with Gasteiger partial charge in [-0.15, -0.1) is 11.3 Å². The molecule has 0 spiro atoms. The van der Waals surface area contributed by atoms with E-state index in [-0.39, 0.29) is 6.42 Å². The monoisotopic (exact) mass is 268 g/mol. The highest BCUT2D eigenvalue weighted by molar-refractivity contribution is 7.15. The Morgan fingerprint density at radius 1 is 1.33 bits per heavy atom. The van der Waals surface area contributed by atoms with Gasteiger partial charge in [0, 0.05) is 18.0 Å². The Bertz CT molecular complexity index is 409. The van der Waals surface area contributed by atoms with Gasteiger partial charge in [-0.3, -0.25) is 4.79 Å². The number of hydrogen-bond donors (Lipinski definition) is 1. The number of thiazole rings is 1. The van der Waals surface area contributed by atoms with Gasteiger partial charge in [-0.1, -0.05) is 19.8 Å². The Balaban J connectivity index is 2.16. The molecule has 0 amide bonds. The third kappa shape index (κ3) is 3.22. The molecule has 2 rings (SSSR count). The molecule has 0 saturated carbocycles. The maximum atomic E-state index is 10.8. The van der Waals surface area contributed by atoms with E-state index in [9.17, 15) is 4.79 Å². The largest absolute Gasteiger partial charge is 0.481 e. The summed E-state index contributed by atoms with van der Waals surface area (Å²) in [6.07, 6.45) is 5.95. The van der Waals surface area contributed by atoms with Crippen LogP contribution in [-0.2, 0) is 17.6 Å². The van der Waals surface area contributed by atoms with Gasteiger partial charge in [-0.2, -0.15) is 0 Å². The van der Waals surface area contributed by atoms with Crippen molar-refractivity contribution >= 4 is 22.4 Å². The quantitative estimate of drug-likeness (QED) is 0.912. The normalized spacial score (nSPS) is 16.6. The van der Waals surface area contributed by atoms with Crippen molar-refractivity contribution in [3.8, 4) is 0 Å². The van der Waals surface area contributed by atoms with Crippen molar-refractivity contribution in [2.24, 2.45) is 0 Å². The number of carbonyl (C=O) groups is 1. The summed E-state index contributed by atoms with van der Waals surface area (Å²) in [7, 11) is 0. The second-order valence-corrected chi connectivity index (χ2v) is 5.75. The van der Waals surface area contributed by atoms with Gasteiger partial charge in [-0.25, -0.2) is 4.98 Å². The first kappa shape index (κ1) is 13.3. The molecule has 0 aromatic carbocycles. The zero-order valence-electron chi connectivity index (χ0n) is 10.8. The second kappa shape index (κ2) is 6.18. The van der Waals surface area contributed by atoms with Crippen molar-refractivity contribution in [3.63, 3.8) is 0 Å². The van der Waals surface area contributed by atoms with Crippen LogP contribution in [0.4, 0.5) is 5.13 Å². The van der Waals surface area contributed by atoms with Crippen LogP contribution in [0.1, 0.15) is 43.2 Å². The average Bonchev–Trinajstić information content (AvgIpc) is 2.57. The van der Waals surface area contributed by atoms with Crippen LogP contribution < -0.4 is 4.90 Å². The SMILES string of the molecule is CCc1nc(N2CCCCCC2)sc1CC(=O)O. The lowest BCUT2D eigenvalue weighted by atomic mass is 10.2. The lowest BCUT2D eigenvalue weighted by Crippen LogP contribution is -2.23. The van der Waals surface area contributed by atoms with Gasteiger partial charge < -0.3 is 10.0 Å². The van der Waals surface area contributed by atoms with Gasteiger partial charge in [-0.05, 0) is 19.3 Å². The number of aryl methyl sites for hydroxylation is 1. The molecule has 1 fully saturated rings. The lowest BCUT2D eigenvalue weighted by molar-refractivity contribution is -0.136. The number of carboxylic acids is 1. The summed E-state index contributed by atoms with van der Waals surface area (Å²) in [5.41, 5.74) is 0.960. The van der Waals surface area contributed by atoms with Crippen LogP contribution >= 0.6 is 11.3 Å². The van der Waals surface area contributed by atoms with Crippen molar-refractivity contribution in [3.05, 3.63) is 10.6 Å². The molecule has 2 heterocycles. The summed E-state index contributed by atoms with van der Waals surface area (Å²) in [6, 6.07) is 0. The fraction of sp³-hybridized carbons (Fsp3) is 0.692. The molecule has 0 aliphatic carbocycles. The molecule has 100 valence electrons. The lowest BCUT2D eigenvalue weighted by Gasteiger charge is -2.18. The molecular weight excluding hydrogens is 248 g/mol. The number of hydrogen-bond acceptors (Lipinski definition) is 4. The molecule has 1 N–H and O–H groups in total. The van der Waals surface area contributed by atoms with Crippen LogP contribution in [0.3, 0.4) is 0 Å². The minimum Gasteiger partial charge on any atom is -0.481 e. The molecule has 1 aromatic rings. The van der Waals surface area contributed by atoms with Gasteiger partial charge in [0.15, 0.2) is 5.13 Å². The van der Waals surface area contributed by atoms with Gasteiger partial charge in [0.25, 0.3) is 0 Å². The maximum absolute atomic E-state index is 10.8. The van der Waals surface area contributed by atoms with Crippen LogP contribution in [0.2, 0.25) is 0 Å². The second-order valence-electron chi connectivity index (χ2n) is 4.69. The summed E-state index contributed by atoms with van der Waals surface area (Å²) < 4.78 is 0. The van der Waals surface area contributed by atoms with Crippen LogP contribution in [0, 0.1) is 0 Å². The molecule has 0 unspecified atom stereocenters. The molecule has 5 heteroatoms. The number of rotatable bonds is 4. The Labute approximate surface area is 112 Å². The summed E-state index contributed by atoms with van der Waals surface area (Å²) in [4.78, 5) is 18.7. The van der Waals surface area contributed by atoms with Crippen LogP contribution in [-0.4, -0.2) is 29.1 Å². The van der Waals surface area contributed by atoms with Crippen LogP contribution in [0.5, 0.6) is 0 Å². The van der Waals surface area contributed by atoms with E-state index >= 15 is 0 Å². The van der Waals surface area contributed by atoms with Gasteiger partial charge in [0.1, 0.15) is 0 Å². The summed E-state index contributed by atoms with van der Waals surface area (Å²) in [5, 5.41) is 9.94. The van der Waals surface area contributed by atoms with E-state index in [0.29, 0.717) is 0 Å². The molecule has 0 radical (unpaired) electrons. The van der Waals surface area contributed by atoms with Crippen LogP contribution in [0.15, 0.2) is 0 Å². The molecule has 0 atom stereocenters.